The second-order valence-electron chi connectivity index (χ2n) is 2.88. The van der Waals surface area contributed by atoms with E-state index in [4.69, 9.17) is 0 Å². The molecule has 1 saturated heterocycles. The molecule has 0 unspecified atom stereocenters. The highest BCUT2D eigenvalue weighted by atomic mass is 35.5. The Morgan fingerprint density at radius 2 is 1.93 bits per heavy atom. The van der Waals surface area contributed by atoms with E-state index in [1.807, 2.05) is 0 Å². The van der Waals surface area contributed by atoms with E-state index < -0.39 is 5.97 Å². The first-order chi connectivity index (χ1) is 6.24. The van der Waals surface area contributed by atoms with Crippen LogP contribution in [0.2, 0.25) is 0 Å². The Morgan fingerprint density at radius 3 is 2.43 bits per heavy atom. The number of amides is 1. The van der Waals surface area contributed by atoms with E-state index in [0.717, 1.165) is 13.1 Å². The molecule has 14 heavy (non-hydrogen) atoms. The monoisotopic (exact) mass is 222 g/mol. The summed E-state index contributed by atoms with van der Waals surface area (Å²) < 4.78 is 4.41. The summed E-state index contributed by atoms with van der Waals surface area (Å²) in [5.41, 5.74) is 0. The van der Waals surface area contributed by atoms with E-state index in [9.17, 15) is 9.59 Å². The van der Waals surface area contributed by atoms with E-state index in [0.29, 0.717) is 13.1 Å². The van der Waals surface area contributed by atoms with E-state index in [1.165, 1.54) is 7.11 Å². The van der Waals surface area contributed by atoms with E-state index in [2.05, 4.69) is 10.1 Å². The van der Waals surface area contributed by atoms with Crippen molar-refractivity contribution in [1.82, 2.24) is 10.2 Å². The summed E-state index contributed by atoms with van der Waals surface area (Å²) in [5, 5.41) is 3.13. The van der Waals surface area contributed by atoms with Gasteiger partial charge in [0.05, 0.1) is 7.11 Å². The average molecular weight is 223 g/mol. The Morgan fingerprint density at radius 1 is 1.36 bits per heavy atom. The van der Waals surface area contributed by atoms with Crippen molar-refractivity contribution in [3.8, 4) is 0 Å². The van der Waals surface area contributed by atoms with Gasteiger partial charge in [-0.3, -0.25) is 9.59 Å². The van der Waals surface area contributed by atoms with Crippen LogP contribution < -0.4 is 5.32 Å². The van der Waals surface area contributed by atoms with Gasteiger partial charge in [-0.1, -0.05) is 0 Å². The lowest BCUT2D eigenvalue weighted by Gasteiger charge is -2.26. The number of rotatable bonds is 2. The fourth-order valence-corrected chi connectivity index (χ4v) is 1.22. The molecule has 0 radical (unpaired) electrons. The van der Waals surface area contributed by atoms with Gasteiger partial charge < -0.3 is 15.0 Å². The van der Waals surface area contributed by atoms with Crippen LogP contribution in [-0.2, 0) is 14.3 Å². The molecule has 1 amide bonds. The Balaban J connectivity index is 0.00000169. The van der Waals surface area contributed by atoms with Gasteiger partial charge in [0, 0.05) is 26.2 Å². The number of hydrogen-bond donors (Lipinski definition) is 1. The van der Waals surface area contributed by atoms with Gasteiger partial charge in [-0.15, -0.1) is 12.4 Å². The topological polar surface area (TPSA) is 58.6 Å². The van der Waals surface area contributed by atoms with Crippen molar-refractivity contribution in [1.29, 1.82) is 0 Å². The van der Waals surface area contributed by atoms with Crippen molar-refractivity contribution in [2.75, 3.05) is 33.3 Å². The number of piperazine rings is 1. The second-order valence-corrected chi connectivity index (χ2v) is 2.88. The van der Waals surface area contributed by atoms with Gasteiger partial charge in [0.1, 0.15) is 6.42 Å². The SMILES string of the molecule is COC(=O)CC(=O)N1CCNCC1.Cl. The van der Waals surface area contributed by atoms with Crippen LogP contribution in [0.15, 0.2) is 0 Å². The molecular formula is C8H15ClN2O3. The lowest BCUT2D eigenvalue weighted by Crippen LogP contribution is -2.46. The molecule has 1 heterocycles. The summed E-state index contributed by atoms with van der Waals surface area (Å²) in [6.45, 7) is 2.95. The predicted molar refractivity (Wildman–Crippen MR) is 53.3 cm³/mol. The van der Waals surface area contributed by atoms with Gasteiger partial charge in [0.2, 0.25) is 5.91 Å². The molecule has 5 nitrogen and oxygen atoms in total. The summed E-state index contributed by atoms with van der Waals surface area (Å²) in [6, 6.07) is 0. The first-order valence-corrected chi connectivity index (χ1v) is 4.29. The molecule has 1 rings (SSSR count). The number of carbonyl (C=O) groups is 2. The molecule has 1 aliphatic rings. The third-order valence-electron chi connectivity index (χ3n) is 1.99. The van der Waals surface area contributed by atoms with Crippen LogP contribution in [0.3, 0.4) is 0 Å². The number of nitrogens with zero attached hydrogens (tertiary/aromatic N) is 1. The van der Waals surface area contributed by atoms with Crippen LogP contribution in [0, 0.1) is 0 Å². The largest absolute Gasteiger partial charge is 0.469 e. The van der Waals surface area contributed by atoms with Gasteiger partial charge in [-0.2, -0.15) is 0 Å². The molecule has 0 aromatic carbocycles. The van der Waals surface area contributed by atoms with E-state index in [1.54, 1.807) is 4.90 Å². The fourth-order valence-electron chi connectivity index (χ4n) is 1.22. The standard InChI is InChI=1S/C8H14N2O3.ClH/c1-13-8(12)6-7(11)10-4-2-9-3-5-10;/h9H,2-6H2,1H3;1H. The molecule has 0 saturated carbocycles. The Kier molecular flexibility index (Phi) is 6.23. The second kappa shape index (κ2) is 6.62. The highest BCUT2D eigenvalue weighted by molar-refractivity contribution is 5.94. The zero-order valence-electron chi connectivity index (χ0n) is 8.12. The smallest absolute Gasteiger partial charge is 0.315 e. The number of methoxy groups -OCH3 is 1. The van der Waals surface area contributed by atoms with Crippen molar-refractivity contribution in [3.63, 3.8) is 0 Å². The third kappa shape index (κ3) is 3.93. The molecule has 1 aliphatic heterocycles. The summed E-state index contributed by atoms with van der Waals surface area (Å²) in [6.07, 6.45) is -0.142. The zero-order valence-corrected chi connectivity index (χ0v) is 8.93. The van der Waals surface area contributed by atoms with Gasteiger partial charge in [0.15, 0.2) is 0 Å². The first-order valence-electron chi connectivity index (χ1n) is 4.29. The fraction of sp³-hybridized carbons (Fsp3) is 0.750. The maximum atomic E-state index is 11.4. The van der Waals surface area contributed by atoms with Gasteiger partial charge in [-0.25, -0.2) is 0 Å². The zero-order chi connectivity index (χ0) is 9.68. The van der Waals surface area contributed by atoms with Gasteiger partial charge in [-0.05, 0) is 0 Å². The minimum Gasteiger partial charge on any atom is -0.469 e. The molecule has 0 aromatic heterocycles. The summed E-state index contributed by atoms with van der Waals surface area (Å²) in [7, 11) is 1.29. The molecule has 82 valence electrons. The molecule has 0 bridgehead atoms. The Labute approximate surface area is 89.2 Å². The normalized spacial score (nSPS) is 15.6. The average Bonchev–Trinajstić information content (AvgIpc) is 2.19. The first kappa shape index (κ1) is 13.2. The van der Waals surface area contributed by atoms with Crippen LogP contribution >= 0.6 is 12.4 Å². The van der Waals surface area contributed by atoms with E-state index in [-0.39, 0.29) is 24.7 Å². The number of nitrogens with one attached hydrogen (secondary N) is 1. The lowest BCUT2D eigenvalue weighted by atomic mass is 10.3. The maximum absolute atomic E-state index is 11.4. The van der Waals surface area contributed by atoms with Crippen LogP contribution in [0.25, 0.3) is 0 Å². The molecule has 6 heteroatoms. The van der Waals surface area contributed by atoms with Crippen molar-refractivity contribution >= 4 is 24.3 Å². The molecular weight excluding hydrogens is 208 g/mol. The van der Waals surface area contributed by atoms with Crippen LogP contribution in [0.1, 0.15) is 6.42 Å². The highest BCUT2D eigenvalue weighted by Crippen LogP contribution is 1.97. The van der Waals surface area contributed by atoms with E-state index >= 15 is 0 Å². The minimum atomic E-state index is -0.469. The maximum Gasteiger partial charge on any atom is 0.315 e. The van der Waals surface area contributed by atoms with Crippen LogP contribution in [0.5, 0.6) is 0 Å². The van der Waals surface area contributed by atoms with Gasteiger partial charge >= 0.3 is 5.97 Å². The highest BCUT2D eigenvalue weighted by Gasteiger charge is 2.18. The number of carbonyl (C=O) groups excluding carboxylic acids is 2. The summed E-state index contributed by atoms with van der Waals surface area (Å²) in [4.78, 5) is 23.8. The Hall–Kier alpha value is -0.810. The van der Waals surface area contributed by atoms with Crippen molar-refractivity contribution in [2.45, 2.75) is 6.42 Å². The quantitative estimate of drug-likeness (QED) is 0.501. The lowest BCUT2D eigenvalue weighted by molar-refractivity contribution is -0.147. The minimum absolute atomic E-state index is 0. The number of ether oxygens (including phenoxy) is 1. The van der Waals surface area contributed by atoms with Crippen LogP contribution in [0.4, 0.5) is 0 Å². The molecule has 0 atom stereocenters. The number of halogens is 1. The van der Waals surface area contributed by atoms with Crippen molar-refractivity contribution in [3.05, 3.63) is 0 Å². The summed E-state index contributed by atoms with van der Waals surface area (Å²) >= 11 is 0. The Bertz CT molecular complexity index is 205. The predicted octanol–water partition coefficient (Wildman–Crippen LogP) is -0.597. The number of esters is 1. The molecule has 1 fully saturated rings. The van der Waals surface area contributed by atoms with Crippen LogP contribution in [-0.4, -0.2) is 50.1 Å². The molecule has 1 N–H and O–H groups in total. The number of hydrogen-bond acceptors (Lipinski definition) is 4. The molecule has 0 aliphatic carbocycles. The van der Waals surface area contributed by atoms with Crippen molar-refractivity contribution < 1.29 is 14.3 Å². The van der Waals surface area contributed by atoms with Crippen molar-refractivity contribution in [2.24, 2.45) is 0 Å². The van der Waals surface area contributed by atoms with Gasteiger partial charge in [0.25, 0.3) is 0 Å². The summed E-state index contributed by atoms with van der Waals surface area (Å²) in [5.74, 6) is -0.614. The molecule has 0 spiro atoms. The molecule has 0 aromatic rings. The third-order valence-corrected chi connectivity index (χ3v) is 1.99.